The van der Waals surface area contributed by atoms with E-state index in [0.29, 0.717) is 0 Å². The van der Waals surface area contributed by atoms with E-state index >= 15 is 0 Å². The van der Waals surface area contributed by atoms with Crippen LogP contribution in [0.25, 0.3) is 0 Å². The molecule has 0 aliphatic carbocycles. The van der Waals surface area contributed by atoms with E-state index < -0.39 is 0 Å². The minimum atomic E-state index is -0.248. The summed E-state index contributed by atoms with van der Waals surface area (Å²) >= 11 is 3.55. The molecule has 1 fully saturated rings. The molecule has 4 nitrogen and oxygen atoms in total. The molecule has 0 aromatic heterocycles. The first kappa shape index (κ1) is 14.8. The van der Waals surface area contributed by atoms with Crippen LogP contribution in [0.2, 0.25) is 0 Å². The molecule has 1 aliphatic heterocycles. The second-order valence-electron chi connectivity index (χ2n) is 5.66. The van der Waals surface area contributed by atoms with Crippen molar-refractivity contribution >= 4 is 21.6 Å². The van der Waals surface area contributed by atoms with Crippen LogP contribution in [0.4, 0.5) is 5.69 Å². The predicted octanol–water partition coefficient (Wildman–Crippen LogP) is 2.00. The maximum Gasteiger partial charge on any atom is 0.0940 e. The average molecular weight is 329 g/mol. The van der Waals surface area contributed by atoms with E-state index in [1.165, 1.54) is 0 Å². The Bertz CT molecular complexity index is 431. The highest BCUT2D eigenvalue weighted by molar-refractivity contribution is 9.10. The van der Waals surface area contributed by atoms with E-state index in [4.69, 9.17) is 10.5 Å². The standard InChI is InChI=1S/C14H21BrN2O2/c1-14(2)9-17(6-10(8-18)19-14)7-11-12(15)4-3-5-13(11)16/h3-5,10,18H,6-9,16H2,1-2H3. The Balaban J connectivity index is 2.14. The Kier molecular flexibility index (Phi) is 4.50. The first-order valence-electron chi connectivity index (χ1n) is 6.45. The monoisotopic (exact) mass is 328 g/mol. The Morgan fingerprint density at radius 3 is 2.89 bits per heavy atom. The van der Waals surface area contributed by atoms with Crippen LogP contribution in [0.15, 0.2) is 22.7 Å². The van der Waals surface area contributed by atoms with Crippen LogP contribution in [0.1, 0.15) is 19.4 Å². The number of rotatable bonds is 3. The molecule has 1 unspecified atom stereocenters. The number of anilines is 1. The zero-order valence-electron chi connectivity index (χ0n) is 11.4. The Hall–Kier alpha value is -0.620. The Morgan fingerprint density at radius 2 is 2.26 bits per heavy atom. The number of ether oxygens (including phenoxy) is 1. The highest BCUT2D eigenvalue weighted by atomic mass is 79.9. The molecule has 1 saturated heterocycles. The number of aliphatic hydroxyl groups excluding tert-OH is 1. The van der Waals surface area contributed by atoms with Crippen molar-refractivity contribution in [2.24, 2.45) is 0 Å². The van der Waals surface area contributed by atoms with Gasteiger partial charge in [-0.15, -0.1) is 0 Å². The summed E-state index contributed by atoms with van der Waals surface area (Å²) in [7, 11) is 0. The highest BCUT2D eigenvalue weighted by Gasteiger charge is 2.33. The molecule has 1 atom stereocenters. The molecular formula is C14H21BrN2O2. The number of nitrogens with zero attached hydrogens (tertiary/aromatic N) is 1. The van der Waals surface area contributed by atoms with Crippen molar-refractivity contribution in [3.8, 4) is 0 Å². The van der Waals surface area contributed by atoms with Gasteiger partial charge >= 0.3 is 0 Å². The summed E-state index contributed by atoms with van der Waals surface area (Å²) in [5.74, 6) is 0. The van der Waals surface area contributed by atoms with Crippen LogP contribution >= 0.6 is 15.9 Å². The van der Waals surface area contributed by atoms with Crippen LogP contribution in [0, 0.1) is 0 Å². The van der Waals surface area contributed by atoms with E-state index in [9.17, 15) is 5.11 Å². The molecule has 5 heteroatoms. The highest BCUT2D eigenvalue weighted by Crippen LogP contribution is 2.27. The predicted molar refractivity (Wildman–Crippen MR) is 79.9 cm³/mol. The molecule has 19 heavy (non-hydrogen) atoms. The zero-order valence-corrected chi connectivity index (χ0v) is 13.0. The average Bonchev–Trinajstić information content (AvgIpc) is 2.32. The molecular weight excluding hydrogens is 308 g/mol. The van der Waals surface area contributed by atoms with E-state index in [2.05, 4.69) is 20.8 Å². The fraction of sp³-hybridized carbons (Fsp3) is 0.571. The normalized spacial score (nSPS) is 23.5. The summed E-state index contributed by atoms with van der Waals surface area (Å²) in [5, 5.41) is 9.33. The molecule has 1 heterocycles. The van der Waals surface area contributed by atoms with Gasteiger partial charge in [-0.05, 0) is 26.0 Å². The van der Waals surface area contributed by atoms with Crippen molar-refractivity contribution in [1.29, 1.82) is 0 Å². The van der Waals surface area contributed by atoms with Crippen LogP contribution in [-0.4, -0.2) is 41.4 Å². The lowest BCUT2D eigenvalue weighted by Crippen LogP contribution is -2.53. The van der Waals surface area contributed by atoms with Crippen molar-refractivity contribution in [3.63, 3.8) is 0 Å². The maximum atomic E-state index is 9.33. The van der Waals surface area contributed by atoms with Crippen LogP contribution < -0.4 is 5.73 Å². The summed E-state index contributed by atoms with van der Waals surface area (Å²) in [4.78, 5) is 2.28. The van der Waals surface area contributed by atoms with Gasteiger partial charge in [0.05, 0.1) is 18.3 Å². The zero-order chi connectivity index (χ0) is 14.0. The molecule has 1 aliphatic rings. The van der Waals surface area contributed by atoms with Gasteiger partial charge in [-0.1, -0.05) is 22.0 Å². The Morgan fingerprint density at radius 1 is 1.53 bits per heavy atom. The van der Waals surface area contributed by atoms with Crippen LogP contribution in [0.5, 0.6) is 0 Å². The van der Waals surface area contributed by atoms with Gasteiger partial charge in [0, 0.05) is 35.4 Å². The smallest absolute Gasteiger partial charge is 0.0940 e. The van der Waals surface area contributed by atoms with Gasteiger partial charge in [0.2, 0.25) is 0 Å². The molecule has 2 rings (SSSR count). The molecule has 0 bridgehead atoms. The summed E-state index contributed by atoms with van der Waals surface area (Å²) in [6, 6.07) is 5.85. The molecule has 0 amide bonds. The molecule has 0 saturated carbocycles. The minimum absolute atomic E-state index is 0.0470. The first-order valence-corrected chi connectivity index (χ1v) is 7.24. The molecule has 0 radical (unpaired) electrons. The van der Waals surface area contributed by atoms with Crippen LogP contribution in [0.3, 0.4) is 0 Å². The molecule has 1 aromatic carbocycles. The quantitative estimate of drug-likeness (QED) is 0.833. The number of hydrogen-bond donors (Lipinski definition) is 2. The first-order chi connectivity index (χ1) is 8.91. The molecule has 3 N–H and O–H groups in total. The number of morpholine rings is 1. The van der Waals surface area contributed by atoms with Gasteiger partial charge in [-0.2, -0.15) is 0 Å². The number of hydrogen-bond acceptors (Lipinski definition) is 4. The minimum Gasteiger partial charge on any atom is -0.398 e. The van der Waals surface area contributed by atoms with Gasteiger partial charge in [-0.25, -0.2) is 0 Å². The number of benzene rings is 1. The molecule has 1 aromatic rings. The lowest BCUT2D eigenvalue weighted by atomic mass is 10.0. The van der Waals surface area contributed by atoms with Gasteiger partial charge < -0.3 is 15.6 Å². The van der Waals surface area contributed by atoms with E-state index in [1.54, 1.807) is 0 Å². The van der Waals surface area contributed by atoms with Crippen molar-refractivity contribution < 1.29 is 9.84 Å². The SMILES string of the molecule is CC1(C)CN(Cc2c(N)cccc2Br)CC(CO)O1. The largest absolute Gasteiger partial charge is 0.398 e. The summed E-state index contributed by atoms with van der Waals surface area (Å²) in [6.45, 7) is 6.45. The lowest BCUT2D eigenvalue weighted by molar-refractivity contribution is -0.150. The molecule has 106 valence electrons. The number of halogens is 1. The summed E-state index contributed by atoms with van der Waals surface area (Å²) in [5.41, 5.74) is 7.67. The van der Waals surface area contributed by atoms with Gasteiger partial charge in [0.1, 0.15) is 0 Å². The van der Waals surface area contributed by atoms with E-state index in [-0.39, 0.29) is 18.3 Å². The second-order valence-corrected chi connectivity index (χ2v) is 6.51. The molecule has 0 spiro atoms. The third kappa shape index (κ3) is 3.69. The van der Waals surface area contributed by atoms with Crippen molar-refractivity contribution in [1.82, 2.24) is 4.90 Å². The summed E-state index contributed by atoms with van der Waals surface area (Å²) < 4.78 is 6.84. The van der Waals surface area contributed by atoms with Crippen molar-refractivity contribution in [2.75, 3.05) is 25.4 Å². The number of nitrogens with two attached hydrogens (primary N) is 1. The van der Waals surface area contributed by atoms with E-state index in [0.717, 1.165) is 35.4 Å². The van der Waals surface area contributed by atoms with Crippen molar-refractivity contribution in [2.45, 2.75) is 32.1 Å². The van der Waals surface area contributed by atoms with Gasteiger partial charge in [0.15, 0.2) is 0 Å². The topological polar surface area (TPSA) is 58.7 Å². The number of nitrogen functional groups attached to an aromatic ring is 1. The number of aliphatic hydroxyl groups is 1. The Labute approximate surface area is 122 Å². The van der Waals surface area contributed by atoms with E-state index in [1.807, 2.05) is 32.0 Å². The maximum absolute atomic E-state index is 9.33. The third-order valence-corrected chi connectivity index (χ3v) is 4.04. The van der Waals surface area contributed by atoms with Crippen molar-refractivity contribution in [3.05, 3.63) is 28.2 Å². The lowest BCUT2D eigenvalue weighted by Gasteiger charge is -2.42. The third-order valence-electron chi connectivity index (χ3n) is 3.29. The fourth-order valence-electron chi connectivity index (χ4n) is 2.60. The van der Waals surface area contributed by atoms with Gasteiger partial charge in [-0.3, -0.25) is 4.90 Å². The second kappa shape index (κ2) is 5.79. The fourth-order valence-corrected chi connectivity index (χ4v) is 3.10. The van der Waals surface area contributed by atoms with Crippen LogP contribution in [-0.2, 0) is 11.3 Å². The summed E-state index contributed by atoms with van der Waals surface area (Å²) in [6.07, 6.45) is -0.132. The van der Waals surface area contributed by atoms with Gasteiger partial charge in [0.25, 0.3) is 0 Å².